The Hall–Kier alpha value is -5.02. The summed E-state index contributed by atoms with van der Waals surface area (Å²) in [5, 5.41) is 48.5. The fourth-order valence-electron chi connectivity index (χ4n) is 14.5. The number of aliphatic hydroxyl groups is 4. The van der Waals surface area contributed by atoms with Crippen LogP contribution in [0.2, 0.25) is 0 Å². The molecule has 4 bridgehead atoms. The van der Waals surface area contributed by atoms with Crippen molar-refractivity contribution >= 4 is 35.4 Å². The smallest absolute Gasteiger partial charge is 0.334 e. The van der Waals surface area contributed by atoms with Crippen molar-refractivity contribution in [2.45, 2.75) is 159 Å². The first-order valence-corrected chi connectivity index (χ1v) is 26.4. The molecular weight excluding hydrogens is 945 g/mol. The lowest BCUT2D eigenvalue weighted by molar-refractivity contribution is -0.202. The zero-order valence-electron chi connectivity index (χ0n) is 46.2. The molecule has 0 unspecified atom stereocenters. The molecule has 8 aliphatic carbocycles. The summed E-state index contributed by atoms with van der Waals surface area (Å²) >= 11 is 0. The predicted molar refractivity (Wildman–Crippen MR) is 276 cm³/mol. The van der Waals surface area contributed by atoms with Crippen LogP contribution in [0.1, 0.15) is 124 Å². The summed E-state index contributed by atoms with van der Waals surface area (Å²) in [7, 11) is 0. The van der Waals surface area contributed by atoms with Crippen LogP contribution in [0, 0.1) is 69.0 Å². The zero-order chi connectivity index (χ0) is 55.3. The van der Waals surface area contributed by atoms with Gasteiger partial charge >= 0.3 is 23.9 Å². The molecule has 404 valence electrons. The van der Waals surface area contributed by atoms with E-state index in [9.17, 15) is 49.2 Å². The molecule has 8 rings (SSSR count). The Morgan fingerprint density at radius 2 is 0.919 bits per heavy atom. The van der Waals surface area contributed by atoms with Crippen LogP contribution >= 0.6 is 0 Å². The SMILES string of the molecule is C/C=C(/C)C(=O)OCC1=C[C@@H]2C(=O)[C@]3(C=C(C)[C@H](O)[C@@]3(O)[C@@H]1OC(=O)/C(C)=C\C)[C@H](C)C[C@@H]1[C@H]2C1(C)C.C/C=C(/C)C(=O)OCC1=C[C@@H]2C(=O)[C@]3(C=C(C)[C@H](OC(=O)/C(C)=C\C)[C@@]3(O)[C@@H]1O)[C@H](C)C[C@@H]1[C@H]2C1(C)C. The Balaban J connectivity index is 0.000000216. The van der Waals surface area contributed by atoms with Gasteiger partial charge in [-0.15, -0.1) is 0 Å². The number of ketones is 2. The van der Waals surface area contributed by atoms with Gasteiger partial charge < -0.3 is 39.4 Å². The number of ether oxygens (including phenoxy) is 4. The molecule has 0 aromatic rings. The van der Waals surface area contributed by atoms with E-state index in [4.69, 9.17) is 18.9 Å². The average molecular weight is 1030 g/mol. The molecule has 16 atom stereocenters. The van der Waals surface area contributed by atoms with Crippen molar-refractivity contribution in [1.82, 2.24) is 0 Å². The number of aliphatic hydroxyl groups excluding tert-OH is 2. The zero-order valence-corrected chi connectivity index (χ0v) is 46.2. The molecule has 0 radical (unpaired) electrons. The number of Topliss-reactive ketones (excluding diaryl/α,β-unsaturated/α-hetero) is 2. The maximum Gasteiger partial charge on any atom is 0.334 e. The summed E-state index contributed by atoms with van der Waals surface area (Å²) in [4.78, 5) is 80.0. The monoisotopic (exact) mass is 1020 g/mol. The number of rotatable bonds is 10. The maximum absolute atomic E-state index is 14.5. The number of hydrogen-bond donors (Lipinski definition) is 4. The highest BCUT2D eigenvalue weighted by molar-refractivity contribution is 5.97. The van der Waals surface area contributed by atoms with Crippen LogP contribution in [-0.2, 0) is 47.7 Å². The van der Waals surface area contributed by atoms with Crippen LogP contribution in [0.15, 0.2) is 93.2 Å². The maximum atomic E-state index is 14.5. The normalized spacial score (nSPS) is 40.4. The van der Waals surface area contributed by atoms with Crippen LogP contribution in [-0.4, -0.2) is 105 Å². The first kappa shape index (κ1) is 56.7. The summed E-state index contributed by atoms with van der Waals surface area (Å²) in [6.45, 7) is 28.7. The van der Waals surface area contributed by atoms with E-state index >= 15 is 0 Å². The van der Waals surface area contributed by atoms with E-state index in [1.165, 1.54) is 0 Å². The topological polar surface area (TPSA) is 220 Å². The quantitative estimate of drug-likeness (QED) is 0.0714. The van der Waals surface area contributed by atoms with Gasteiger partial charge in [0.2, 0.25) is 0 Å². The van der Waals surface area contributed by atoms with Crippen LogP contribution < -0.4 is 0 Å². The number of allylic oxidation sites excluding steroid dienone is 6. The minimum atomic E-state index is -2.15. The van der Waals surface area contributed by atoms with E-state index in [1.807, 2.05) is 13.8 Å². The fourth-order valence-corrected chi connectivity index (χ4v) is 14.5. The van der Waals surface area contributed by atoms with Crippen molar-refractivity contribution in [2.75, 3.05) is 13.2 Å². The number of carbonyl (C=O) groups excluding carboxylic acids is 6. The van der Waals surface area contributed by atoms with Gasteiger partial charge in [0.25, 0.3) is 0 Å². The van der Waals surface area contributed by atoms with Crippen molar-refractivity contribution in [3.8, 4) is 0 Å². The van der Waals surface area contributed by atoms with Crippen molar-refractivity contribution in [1.29, 1.82) is 0 Å². The molecule has 8 aliphatic rings. The predicted octanol–water partition coefficient (Wildman–Crippen LogP) is 7.70. The molecule has 14 nitrogen and oxygen atoms in total. The molecule has 0 aromatic heterocycles. The Kier molecular flexibility index (Phi) is 15.0. The highest BCUT2D eigenvalue weighted by Crippen LogP contribution is 2.73. The lowest BCUT2D eigenvalue weighted by atomic mass is 9.59. The van der Waals surface area contributed by atoms with E-state index in [1.54, 1.807) is 118 Å². The molecule has 4 saturated carbocycles. The number of carbonyl (C=O) groups is 6. The van der Waals surface area contributed by atoms with Gasteiger partial charge in [0.1, 0.15) is 25.4 Å². The second-order valence-electron chi connectivity index (χ2n) is 24.0. The first-order chi connectivity index (χ1) is 34.4. The van der Waals surface area contributed by atoms with Crippen molar-refractivity contribution in [3.63, 3.8) is 0 Å². The molecule has 0 aliphatic heterocycles. The fraction of sp³-hybridized carbons (Fsp3) is 0.633. The van der Waals surface area contributed by atoms with Crippen LogP contribution in [0.25, 0.3) is 0 Å². The molecule has 0 saturated heterocycles. The van der Waals surface area contributed by atoms with Gasteiger partial charge in [0.05, 0.1) is 10.8 Å². The molecule has 0 heterocycles. The van der Waals surface area contributed by atoms with Gasteiger partial charge in [-0.2, -0.15) is 0 Å². The molecule has 74 heavy (non-hydrogen) atoms. The van der Waals surface area contributed by atoms with E-state index < -0.39 is 82.2 Å². The highest BCUT2D eigenvalue weighted by Gasteiger charge is 2.78. The van der Waals surface area contributed by atoms with Crippen LogP contribution in [0.5, 0.6) is 0 Å². The number of hydrogen-bond acceptors (Lipinski definition) is 14. The van der Waals surface area contributed by atoms with Crippen molar-refractivity contribution < 1.29 is 68.1 Å². The molecular formula is C60H80O14. The van der Waals surface area contributed by atoms with Gasteiger partial charge in [0.15, 0.2) is 35.0 Å². The third kappa shape index (κ3) is 8.16. The number of fused-ring (bicyclic) bond motifs is 6. The lowest BCUT2D eigenvalue weighted by Crippen LogP contribution is -2.66. The molecule has 2 spiro atoms. The molecule has 4 fully saturated rings. The van der Waals surface area contributed by atoms with E-state index in [0.29, 0.717) is 51.9 Å². The third-order valence-corrected chi connectivity index (χ3v) is 19.6. The van der Waals surface area contributed by atoms with Gasteiger partial charge in [-0.3, -0.25) is 9.59 Å². The standard InChI is InChI=1S/2C30H40O7/c1-9-15(3)26(33)36-14-19-12-20-22-21(28(22,7)8)11-18(6)29(24(20)32)13-17(5)25(30(29,35)23(19)31)37-27(34)16(4)10-2;1-9-15(3)26(33)36-14-19-12-20-22-21(28(22,7)8)11-18(6)29(24(20)32)13-17(5)23(31)30(29,35)25(19)37-27(34)16(4)10-2/h2*9-10,12-13,18,20-23,25,31,35H,11,14H2,1-8H3/b2*15-9-,16-10-/t18-,20+,21-,22+,23-,25+,29+,30+;18-,20+,21-,22+,23+,25-,29+,30-/m11/s1. The summed E-state index contributed by atoms with van der Waals surface area (Å²) < 4.78 is 22.9. The summed E-state index contributed by atoms with van der Waals surface area (Å²) in [6.07, 6.45) is 9.11. The van der Waals surface area contributed by atoms with Crippen LogP contribution in [0.3, 0.4) is 0 Å². The summed E-state index contributed by atoms with van der Waals surface area (Å²) in [6, 6.07) is 0. The summed E-state index contributed by atoms with van der Waals surface area (Å²) in [5.74, 6) is -3.91. The van der Waals surface area contributed by atoms with E-state index in [0.717, 1.165) is 0 Å². The minimum absolute atomic E-state index is 0.0345. The Bertz CT molecular complexity index is 2650. The second kappa shape index (κ2) is 19.5. The first-order valence-electron chi connectivity index (χ1n) is 26.4. The second-order valence-corrected chi connectivity index (χ2v) is 24.0. The highest BCUT2D eigenvalue weighted by atomic mass is 16.6. The Morgan fingerprint density at radius 1 is 0.568 bits per heavy atom. The summed E-state index contributed by atoms with van der Waals surface area (Å²) in [5.41, 5.74) is -4.33. The Labute approximate surface area is 436 Å². The van der Waals surface area contributed by atoms with Gasteiger partial charge in [-0.25, -0.2) is 19.2 Å². The molecule has 0 aromatic carbocycles. The molecule has 4 N–H and O–H groups in total. The Morgan fingerprint density at radius 3 is 1.34 bits per heavy atom. The van der Waals surface area contributed by atoms with Gasteiger partial charge in [0, 0.05) is 39.7 Å². The van der Waals surface area contributed by atoms with Crippen molar-refractivity contribution in [3.05, 3.63) is 93.2 Å². The van der Waals surface area contributed by atoms with E-state index in [-0.39, 0.29) is 76.7 Å². The third-order valence-electron chi connectivity index (χ3n) is 19.6. The largest absolute Gasteiger partial charge is 0.458 e. The van der Waals surface area contributed by atoms with E-state index in [2.05, 4.69) is 27.7 Å². The lowest BCUT2D eigenvalue weighted by Gasteiger charge is -2.49. The van der Waals surface area contributed by atoms with Crippen molar-refractivity contribution in [2.24, 2.45) is 69.0 Å². The number of esters is 4. The molecule has 14 heteroatoms. The van der Waals surface area contributed by atoms with Gasteiger partial charge in [-0.1, -0.05) is 90.2 Å². The van der Waals surface area contributed by atoms with Gasteiger partial charge in [-0.05, 0) is 145 Å². The molecule has 0 amide bonds. The average Bonchev–Trinajstić information content (AvgIpc) is 4.08. The van der Waals surface area contributed by atoms with Crippen LogP contribution in [0.4, 0.5) is 0 Å². The minimum Gasteiger partial charge on any atom is -0.458 e.